The second-order valence-electron chi connectivity index (χ2n) is 8.28. The molecule has 1 fully saturated rings. The molecule has 28 heavy (non-hydrogen) atoms. The van der Waals surface area contributed by atoms with E-state index in [4.69, 9.17) is 0 Å². The predicted molar refractivity (Wildman–Crippen MR) is 109 cm³/mol. The molecule has 0 N–H and O–H groups in total. The Morgan fingerprint density at radius 3 is 2.82 bits per heavy atom. The molecule has 1 saturated heterocycles. The number of amides is 1. The fraction of sp³-hybridized carbons (Fsp3) is 0.545. The summed E-state index contributed by atoms with van der Waals surface area (Å²) in [6.45, 7) is 6.56. The van der Waals surface area contributed by atoms with E-state index < -0.39 is 0 Å². The molecule has 2 aromatic rings. The lowest BCUT2D eigenvalue weighted by molar-refractivity contribution is 0.0597. The number of hydrogen-bond acceptors (Lipinski definition) is 3. The minimum absolute atomic E-state index is 0.00254. The fourth-order valence-corrected chi connectivity index (χ4v) is 3.95. The molecule has 0 unspecified atom stereocenters. The molecule has 1 amide bonds. The first kappa shape index (κ1) is 20.5. The van der Waals surface area contributed by atoms with E-state index in [1.54, 1.807) is 10.7 Å². The van der Waals surface area contributed by atoms with Crippen molar-refractivity contribution in [3.05, 3.63) is 53.1 Å². The lowest BCUT2D eigenvalue weighted by atomic mass is 10.0. The summed E-state index contributed by atoms with van der Waals surface area (Å²) >= 11 is 0. The van der Waals surface area contributed by atoms with Crippen LogP contribution in [0.25, 0.3) is 0 Å². The smallest absolute Gasteiger partial charge is 0.272 e. The molecule has 0 saturated carbocycles. The highest BCUT2D eigenvalue weighted by Gasteiger charge is 2.28. The molecule has 0 radical (unpaired) electrons. The van der Waals surface area contributed by atoms with Crippen LogP contribution in [0.4, 0.5) is 4.39 Å². The number of carbonyl (C=O) groups is 1. The highest BCUT2D eigenvalue weighted by atomic mass is 19.1. The summed E-state index contributed by atoms with van der Waals surface area (Å²) in [7, 11) is 3.70. The second kappa shape index (κ2) is 8.86. The van der Waals surface area contributed by atoms with Crippen molar-refractivity contribution in [3.8, 4) is 0 Å². The predicted octanol–water partition coefficient (Wildman–Crippen LogP) is 3.49. The number of nitrogens with zero attached hydrogens (tertiary/aromatic N) is 4. The molecule has 0 bridgehead atoms. The Morgan fingerprint density at radius 1 is 1.36 bits per heavy atom. The minimum atomic E-state index is -0.165. The van der Waals surface area contributed by atoms with Crippen molar-refractivity contribution in [1.82, 2.24) is 19.6 Å². The van der Waals surface area contributed by atoms with Gasteiger partial charge in [-0.1, -0.05) is 32.0 Å². The molecular weight excluding hydrogens is 355 g/mol. The summed E-state index contributed by atoms with van der Waals surface area (Å²) in [6.07, 6.45) is 2.83. The normalized spacial score (nSPS) is 17.9. The average molecular weight is 387 g/mol. The van der Waals surface area contributed by atoms with Crippen molar-refractivity contribution in [3.63, 3.8) is 0 Å². The lowest BCUT2D eigenvalue weighted by Gasteiger charge is -2.37. The summed E-state index contributed by atoms with van der Waals surface area (Å²) in [5.41, 5.74) is 2.30. The Bertz CT molecular complexity index is 817. The Labute approximate surface area is 167 Å². The summed E-state index contributed by atoms with van der Waals surface area (Å²) in [5, 5.41) is 4.50. The zero-order valence-electron chi connectivity index (χ0n) is 17.4. The van der Waals surface area contributed by atoms with E-state index in [0.29, 0.717) is 23.7 Å². The van der Waals surface area contributed by atoms with Crippen molar-refractivity contribution < 1.29 is 9.18 Å². The number of likely N-dealkylation sites (N-methyl/N-ethyl adjacent to an activating group) is 1. The van der Waals surface area contributed by atoms with Gasteiger partial charge in [0.25, 0.3) is 5.91 Å². The SMILES string of the molecule is CC(C)Cc1cc(C(=O)N(C)[C@H]2CCCN(Cc3ccccc3F)C2)n(C)n1. The van der Waals surface area contributed by atoms with E-state index in [0.717, 1.165) is 38.0 Å². The van der Waals surface area contributed by atoms with Gasteiger partial charge in [0.2, 0.25) is 0 Å². The molecule has 6 heteroatoms. The molecule has 2 heterocycles. The monoisotopic (exact) mass is 386 g/mol. The standard InChI is InChI=1S/C22H31FN4O/c1-16(2)12-18-13-21(26(4)24-18)22(28)25(3)19-9-7-11-27(15-19)14-17-8-5-6-10-20(17)23/h5-6,8,10,13,16,19H,7,9,11-12,14-15H2,1-4H3/t19-/m0/s1. The number of aromatic nitrogens is 2. The molecule has 0 spiro atoms. The number of piperidine rings is 1. The molecule has 0 aliphatic carbocycles. The van der Waals surface area contributed by atoms with Gasteiger partial charge in [-0.15, -0.1) is 0 Å². The number of carbonyl (C=O) groups excluding carboxylic acids is 1. The van der Waals surface area contributed by atoms with E-state index >= 15 is 0 Å². The van der Waals surface area contributed by atoms with Crippen LogP contribution in [0.15, 0.2) is 30.3 Å². The zero-order chi connectivity index (χ0) is 20.3. The largest absolute Gasteiger partial charge is 0.336 e. The second-order valence-corrected chi connectivity index (χ2v) is 8.28. The van der Waals surface area contributed by atoms with Gasteiger partial charge in [0, 0.05) is 38.8 Å². The lowest BCUT2D eigenvalue weighted by Crippen LogP contribution is -2.48. The molecule has 1 atom stereocenters. The molecule has 1 aromatic carbocycles. The molecule has 3 rings (SSSR count). The number of likely N-dealkylation sites (tertiary alicyclic amines) is 1. The number of hydrogen-bond donors (Lipinski definition) is 0. The van der Waals surface area contributed by atoms with Crippen LogP contribution in [0.5, 0.6) is 0 Å². The van der Waals surface area contributed by atoms with E-state index in [1.807, 2.05) is 37.2 Å². The summed E-state index contributed by atoms with van der Waals surface area (Å²) in [6, 6.07) is 8.96. The van der Waals surface area contributed by atoms with E-state index in [1.165, 1.54) is 6.07 Å². The molecular formula is C22H31FN4O. The average Bonchev–Trinajstić information content (AvgIpc) is 3.02. The number of rotatable bonds is 6. The van der Waals surface area contributed by atoms with Crippen molar-refractivity contribution in [2.24, 2.45) is 13.0 Å². The van der Waals surface area contributed by atoms with Gasteiger partial charge in [-0.3, -0.25) is 14.4 Å². The van der Waals surface area contributed by atoms with E-state index in [9.17, 15) is 9.18 Å². The van der Waals surface area contributed by atoms with Crippen LogP contribution >= 0.6 is 0 Å². The highest BCUT2D eigenvalue weighted by molar-refractivity contribution is 5.92. The Kier molecular flexibility index (Phi) is 6.50. The van der Waals surface area contributed by atoms with Gasteiger partial charge >= 0.3 is 0 Å². The maximum atomic E-state index is 14.0. The van der Waals surface area contributed by atoms with Crippen molar-refractivity contribution in [2.75, 3.05) is 20.1 Å². The van der Waals surface area contributed by atoms with Gasteiger partial charge in [-0.25, -0.2) is 4.39 Å². The maximum absolute atomic E-state index is 14.0. The fourth-order valence-electron chi connectivity index (χ4n) is 3.95. The zero-order valence-corrected chi connectivity index (χ0v) is 17.4. The van der Waals surface area contributed by atoms with Gasteiger partial charge in [0.1, 0.15) is 11.5 Å². The van der Waals surface area contributed by atoms with Crippen LogP contribution in [0.1, 0.15) is 48.4 Å². The summed E-state index contributed by atoms with van der Waals surface area (Å²) in [5.74, 6) is 0.338. The van der Waals surface area contributed by atoms with Gasteiger partial charge in [0.15, 0.2) is 0 Å². The molecule has 1 aliphatic heterocycles. The molecule has 1 aromatic heterocycles. The first-order valence-electron chi connectivity index (χ1n) is 10.1. The highest BCUT2D eigenvalue weighted by Crippen LogP contribution is 2.20. The number of aryl methyl sites for hydroxylation is 1. The topological polar surface area (TPSA) is 41.4 Å². The van der Waals surface area contributed by atoms with Crippen LogP contribution in [0, 0.1) is 11.7 Å². The van der Waals surface area contributed by atoms with Crippen molar-refractivity contribution >= 4 is 5.91 Å². The third-order valence-corrected chi connectivity index (χ3v) is 5.47. The number of halogens is 1. The summed E-state index contributed by atoms with van der Waals surface area (Å²) < 4.78 is 15.7. The van der Waals surface area contributed by atoms with Crippen molar-refractivity contribution in [1.29, 1.82) is 0 Å². The Hall–Kier alpha value is -2.21. The molecule has 152 valence electrons. The Balaban J connectivity index is 1.66. The van der Waals surface area contributed by atoms with Gasteiger partial charge < -0.3 is 4.90 Å². The van der Waals surface area contributed by atoms with Gasteiger partial charge in [-0.2, -0.15) is 5.10 Å². The third-order valence-electron chi connectivity index (χ3n) is 5.47. The van der Waals surface area contributed by atoms with Crippen LogP contribution in [-0.4, -0.2) is 51.7 Å². The number of benzene rings is 1. The van der Waals surface area contributed by atoms with Crippen LogP contribution in [-0.2, 0) is 20.0 Å². The van der Waals surface area contributed by atoms with Crippen LogP contribution in [0.3, 0.4) is 0 Å². The van der Waals surface area contributed by atoms with Crippen LogP contribution < -0.4 is 0 Å². The minimum Gasteiger partial charge on any atom is -0.336 e. The third kappa shape index (κ3) is 4.79. The molecule has 5 nitrogen and oxygen atoms in total. The first-order valence-corrected chi connectivity index (χ1v) is 10.1. The van der Waals surface area contributed by atoms with Gasteiger partial charge in [-0.05, 0) is 43.9 Å². The van der Waals surface area contributed by atoms with Crippen molar-refractivity contribution in [2.45, 2.75) is 45.7 Å². The molecule has 1 aliphatic rings. The summed E-state index contributed by atoms with van der Waals surface area (Å²) in [4.78, 5) is 17.1. The van der Waals surface area contributed by atoms with E-state index in [2.05, 4.69) is 23.8 Å². The van der Waals surface area contributed by atoms with E-state index in [-0.39, 0.29) is 17.8 Å². The Morgan fingerprint density at radius 2 is 2.11 bits per heavy atom. The van der Waals surface area contributed by atoms with Crippen LogP contribution in [0.2, 0.25) is 0 Å². The first-order chi connectivity index (χ1) is 13.3. The quantitative estimate of drug-likeness (QED) is 0.763. The van der Waals surface area contributed by atoms with Gasteiger partial charge in [0.05, 0.1) is 5.69 Å². The maximum Gasteiger partial charge on any atom is 0.272 e.